The third kappa shape index (κ3) is 4.75. The van der Waals surface area contributed by atoms with Gasteiger partial charge in [0.15, 0.2) is 0 Å². The van der Waals surface area contributed by atoms with Gasteiger partial charge in [0.05, 0.1) is 11.7 Å². The van der Waals surface area contributed by atoms with E-state index in [4.69, 9.17) is 10.2 Å². The normalized spacial score (nSPS) is 17.0. The molecular weight excluding hydrogens is 364 g/mol. The van der Waals surface area contributed by atoms with E-state index in [2.05, 4.69) is 21.8 Å². The number of nitrogens with zero attached hydrogens (tertiary/aromatic N) is 4. The lowest BCUT2D eigenvalue weighted by molar-refractivity contribution is -0.130. The van der Waals surface area contributed by atoms with Crippen LogP contribution in [0, 0.1) is 5.92 Å². The summed E-state index contributed by atoms with van der Waals surface area (Å²) in [5.74, 6) is -1.72. The van der Waals surface area contributed by atoms with Gasteiger partial charge in [0.2, 0.25) is 17.7 Å². The highest BCUT2D eigenvalue weighted by Gasteiger charge is 2.36. The zero-order chi connectivity index (χ0) is 19.3. The van der Waals surface area contributed by atoms with E-state index < -0.39 is 29.8 Å². The Morgan fingerprint density at radius 1 is 1.42 bits per heavy atom. The number of primary amides is 1. The van der Waals surface area contributed by atoms with Crippen molar-refractivity contribution in [2.45, 2.75) is 18.6 Å². The Kier molecular flexibility index (Phi) is 6.22. The van der Waals surface area contributed by atoms with Crippen molar-refractivity contribution in [3.8, 4) is 0 Å². The van der Waals surface area contributed by atoms with Crippen molar-refractivity contribution in [3.05, 3.63) is 18.5 Å². The standard InChI is InChI=1S/C14H16N6O5S/c1-3-4-20-11(22)8(7(2)16-13(20)24)5-10-18-19-14(25-10)26-6-9(21)17-12(15)23/h3,8H,1,4-6H2,2H3,(H3,15,17,21,23). The number of imide groups is 2. The lowest BCUT2D eigenvalue weighted by atomic mass is 9.97. The van der Waals surface area contributed by atoms with E-state index in [0.29, 0.717) is 5.71 Å². The van der Waals surface area contributed by atoms with Crippen LogP contribution in [0.3, 0.4) is 0 Å². The molecule has 0 bridgehead atoms. The molecule has 1 aromatic rings. The minimum atomic E-state index is -0.953. The third-order valence-corrected chi connectivity index (χ3v) is 4.12. The zero-order valence-corrected chi connectivity index (χ0v) is 14.6. The minimum Gasteiger partial charge on any atom is -0.416 e. The summed E-state index contributed by atoms with van der Waals surface area (Å²) in [6.45, 7) is 5.14. The monoisotopic (exact) mass is 380 g/mol. The molecule has 0 aliphatic carbocycles. The summed E-state index contributed by atoms with van der Waals surface area (Å²) < 4.78 is 5.37. The van der Waals surface area contributed by atoms with Gasteiger partial charge < -0.3 is 10.2 Å². The van der Waals surface area contributed by atoms with E-state index in [0.717, 1.165) is 16.7 Å². The van der Waals surface area contributed by atoms with Crippen molar-refractivity contribution in [1.82, 2.24) is 20.4 Å². The molecule has 0 spiro atoms. The summed E-state index contributed by atoms with van der Waals surface area (Å²) in [6, 6.07) is -1.59. The number of hydrogen-bond donors (Lipinski definition) is 2. The molecule has 1 aliphatic heterocycles. The predicted octanol–water partition coefficient (Wildman–Crippen LogP) is 0.124. The largest absolute Gasteiger partial charge is 0.416 e. The average molecular weight is 380 g/mol. The lowest BCUT2D eigenvalue weighted by Gasteiger charge is -2.27. The quantitative estimate of drug-likeness (QED) is 0.498. The molecule has 0 aromatic carbocycles. The second kappa shape index (κ2) is 8.38. The summed E-state index contributed by atoms with van der Waals surface area (Å²) in [5.41, 5.74) is 5.19. The molecule has 138 valence electrons. The number of hydrogen-bond acceptors (Lipinski definition) is 8. The van der Waals surface area contributed by atoms with Gasteiger partial charge in [0.25, 0.3) is 5.22 Å². The summed E-state index contributed by atoms with van der Waals surface area (Å²) in [7, 11) is 0. The van der Waals surface area contributed by atoms with Crippen molar-refractivity contribution >= 4 is 41.4 Å². The highest BCUT2D eigenvalue weighted by Crippen LogP contribution is 2.21. The summed E-state index contributed by atoms with van der Waals surface area (Å²) in [5, 5.41) is 9.57. The van der Waals surface area contributed by atoms with Crippen LogP contribution in [0.15, 0.2) is 27.3 Å². The molecule has 1 aromatic heterocycles. The topological polar surface area (TPSA) is 161 Å². The Balaban J connectivity index is 2.01. The number of aliphatic imine (C=N–C) groups is 1. The fourth-order valence-corrected chi connectivity index (χ4v) is 2.72. The first-order valence-corrected chi connectivity index (χ1v) is 8.36. The minimum absolute atomic E-state index is 0.0604. The first kappa shape index (κ1) is 19.3. The number of thioether (sulfide) groups is 1. The van der Waals surface area contributed by atoms with E-state index in [1.807, 2.05) is 5.32 Å². The van der Waals surface area contributed by atoms with Crippen LogP contribution in [-0.2, 0) is 16.0 Å². The maximum atomic E-state index is 12.4. The summed E-state index contributed by atoms with van der Waals surface area (Å²) in [4.78, 5) is 51.0. The Bertz CT molecular complexity index is 789. The second-order valence-electron chi connectivity index (χ2n) is 5.19. The highest BCUT2D eigenvalue weighted by atomic mass is 32.2. The molecule has 0 saturated carbocycles. The van der Waals surface area contributed by atoms with Gasteiger partial charge in [0, 0.05) is 18.7 Å². The van der Waals surface area contributed by atoms with Crippen LogP contribution in [0.5, 0.6) is 0 Å². The smallest absolute Gasteiger partial charge is 0.350 e. The molecule has 0 radical (unpaired) electrons. The Morgan fingerprint density at radius 2 is 2.15 bits per heavy atom. The number of carbonyl (C=O) groups excluding carboxylic acids is 4. The van der Waals surface area contributed by atoms with Gasteiger partial charge in [-0.1, -0.05) is 17.8 Å². The van der Waals surface area contributed by atoms with E-state index in [1.54, 1.807) is 6.92 Å². The molecule has 11 nitrogen and oxygen atoms in total. The fraction of sp³-hybridized carbons (Fsp3) is 0.357. The van der Waals surface area contributed by atoms with Gasteiger partial charge in [-0.05, 0) is 6.92 Å². The van der Waals surface area contributed by atoms with Gasteiger partial charge in [-0.3, -0.25) is 19.8 Å². The number of carbonyl (C=O) groups is 4. The number of urea groups is 2. The first-order valence-electron chi connectivity index (χ1n) is 7.37. The molecule has 1 atom stereocenters. The van der Waals surface area contributed by atoms with Gasteiger partial charge in [0.1, 0.15) is 0 Å². The molecular formula is C14H16N6O5S. The van der Waals surface area contributed by atoms with Gasteiger partial charge in [-0.15, -0.1) is 16.8 Å². The molecule has 1 aliphatic rings. The molecule has 1 unspecified atom stereocenters. The third-order valence-electron chi connectivity index (χ3n) is 3.30. The molecule has 6 amide bonds. The highest BCUT2D eigenvalue weighted by molar-refractivity contribution is 7.99. The SMILES string of the molecule is C=CCN1C(=O)N=C(C)C(Cc2nnc(SCC(=O)NC(N)=O)o2)C1=O. The molecule has 26 heavy (non-hydrogen) atoms. The molecule has 2 heterocycles. The second-order valence-corrected chi connectivity index (χ2v) is 6.12. The van der Waals surface area contributed by atoms with Crippen LogP contribution in [-0.4, -0.2) is 57.0 Å². The van der Waals surface area contributed by atoms with Crippen LogP contribution in [0.4, 0.5) is 9.59 Å². The zero-order valence-electron chi connectivity index (χ0n) is 13.8. The summed E-state index contributed by atoms with van der Waals surface area (Å²) >= 11 is 0.911. The Morgan fingerprint density at radius 3 is 2.81 bits per heavy atom. The fourth-order valence-electron chi connectivity index (χ4n) is 2.14. The van der Waals surface area contributed by atoms with Crippen molar-refractivity contribution in [1.29, 1.82) is 0 Å². The Labute approximate surface area is 152 Å². The van der Waals surface area contributed by atoms with E-state index in [1.165, 1.54) is 6.08 Å². The van der Waals surface area contributed by atoms with Gasteiger partial charge >= 0.3 is 12.1 Å². The van der Waals surface area contributed by atoms with Crippen LogP contribution < -0.4 is 11.1 Å². The van der Waals surface area contributed by atoms with E-state index in [9.17, 15) is 19.2 Å². The number of aromatic nitrogens is 2. The van der Waals surface area contributed by atoms with Crippen LogP contribution in [0.1, 0.15) is 12.8 Å². The number of amides is 6. The van der Waals surface area contributed by atoms with Crippen LogP contribution >= 0.6 is 11.8 Å². The van der Waals surface area contributed by atoms with E-state index >= 15 is 0 Å². The van der Waals surface area contributed by atoms with E-state index in [-0.39, 0.29) is 29.8 Å². The Hall–Kier alpha value is -3.02. The van der Waals surface area contributed by atoms with Crippen molar-refractivity contribution in [3.63, 3.8) is 0 Å². The van der Waals surface area contributed by atoms with Gasteiger partial charge in [-0.2, -0.15) is 0 Å². The number of nitrogens with one attached hydrogen (secondary N) is 1. The molecule has 3 N–H and O–H groups in total. The summed E-state index contributed by atoms with van der Waals surface area (Å²) in [6.07, 6.45) is 1.50. The number of nitrogens with two attached hydrogens (primary N) is 1. The molecule has 0 saturated heterocycles. The molecule has 2 rings (SSSR count). The molecule has 0 fully saturated rings. The maximum absolute atomic E-state index is 12.4. The van der Waals surface area contributed by atoms with Crippen LogP contribution in [0.25, 0.3) is 0 Å². The number of rotatable bonds is 7. The van der Waals surface area contributed by atoms with Crippen LogP contribution in [0.2, 0.25) is 0 Å². The van der Waals surface area contributed by atoms with Crippen molar-refractivity contribution in [2.75, 3.05) is 12.3 Å². The maximum Gasteiger partial charge on any atom is 0.350 e. The average Bonchev–Trinajstić information content (AvgIpc) is 3.00. The first-order chi connectivity index (χ1) is 12.3. The van der Waals surface area contributed by atoms with Crippen molar-refractivity contribution < 1.29 is 23.6 Å². The lowest BCUT2D eigenvalue weighted by Crippen LogP contribution is -2.46. The van der Waals surface area contributed by atoms with Gasteiger partial charge in [-0.25, -0.2) is 14.6 Å². The predicted molar refractivity (Wildman–Crippen MR) is 90.4 cm³/mol. The molecule has 12 heteroatoms. The van der Waals surface area contributed by atoms with Crippen molar-refractivity contribution in [2.24, 2.45) is 16.6 Å².